The highest BCUT2D eigenvalue weighted by Crippen LogP contribution is 2.37. The summed E-state index contributed by atoms with van der Waals surface area (Å²) in [6.07, 6.45) is 3.95. The van der Waals surface area contributed by atoms with Gasteiger partial charge in [-0.1, -0.05) is 30.3 Å². The normalized spacial score (nSPS) is 21.9. The Labute approximate surface area is 116 Å². The minimum Gasteiger partial charge on any atom is -0.378 e. The van der Waals surface area contributed by atoms with E-state index in [4.69, 9.17) is 4.74 Å². The van der Waals surface area contributed by atoms with Crippen molar-refractivity contribution in [2.45, 2.75) is 0 Å². The molecule has 0 radical (unpaired) electrons. The van der Waals surface area contributed by atoms with Crippen molar-refractivity contribution >= 4 is 21.8 Å². The third kappa shape index (κ3) is 2.91. The van der Waals surface area contributed by atoms with E-state index >= 15 is 0 Å². The zero-order chi connectivity index (χ0) is 13.1. The van der Waals surface area contributed by atoms with E-state index in [9.17, 15) is 4.79 Å². The van der Waals surface area contributed by atoms with Gasteiger partial charge in [-0.15, -0.1) is 0 Å². The maximum atomic E-state index is 12.0. The van der Waals surface area contributed by atoms with Crippen LogP contribution in [0.5, 0.6) is 0 Å². The van der Waals surface area contributed by atoms with Gasteiger partial charge in [0.15, 0.2) is 0 Å². The lowest BCUT2D eigenvalue weighted by atomic mass is 10.2. The number of hydrogen-bond acceptors (Lipinski definition) is 4. The standard InChI is InChI=1S/C15H15NO2S/c17-15-13(11-16-6-8-18-9-7-16)10-14(19-15)12-4-2-1-3-5-12/h1-5,10-11H,6-9H2. The van der Waals surface area contributed by atoms with E-state index in [1.54, 1.807) is 0 Å². The highest BCUT2D eigenvalue weighted by Gasteiger charge is 2.22. The average molecular weight is 273 g/mol. The summed E-state index contributed by atoms with van der Waals surface area (Å²) >= 11 is 1.31. The summed E-state index contributed by atoms with van der Waals surface area (Å²) in [6, 6.07) is 10.0. The number of rotatable bonds is 2. The third-order valence-corrected chi connectivity index (χ3v) is 4.15. The van der Waals surface area contributed by atoms with Crippen LogP contribution >= 0.6 is 11.8 Å². The molecule has 4 heteroatoms. The van der Waals surface area contributed by atoms with E-state index < -0.39 is 0 Å². The van der Waals surface area contributed by atoms with Gasteiger partial charge in [-0.3, -0.25) is 4.79 Å². The molecule has 0 amide bonds. The first kappa shape index (κ1) is 12.5. The molecule has 98 valence electrons. The highest BCUT2D eigenvalue weighted by atomic mass is 32.2. The first-order chi connectivity index (χ1) is 9.33. The molecule has 2 heterocycles. The number of thioether (sulfide) groups is 1. The number of benzene rings is 1. The summed E-state index contributed by atoms with van der Waals surface area (Å²) < 4.78 is 5.30. The Morgan fingerprint density at radius 3 is 2.63 bits per heavy atom. The van der Waals surface area contributed by atoms with Gasteiger partial charge in [-0.2, -0.15) is 0 Å². The van der Waals surface area contributed by atoms with E-state index in [0.29, 0.717) is 0 Å². The smallest absolute Gasteiger partial charge is 0.225 e. The quantitative estimate of drug-likeness (QED) is 0.774. The number of nitrogens with zero attached hydrogens (tertiary/aromatic N) is 1. The van der Waals surface area contributed by atoms with Crippen molar-refractivity contribution in [3.05, 3.63) is 53.7 Å². The van der Waals surface area contributed by atoms with Crippen molar-refractivity contribution in [2.75, 3.05) is 26.3 Å². The Morgan fingerprint density at radius 2 is 1.89 bits per heavy atom. The zero-order valence-corrected chi connectivity index (χ0v) is 11.4. The number of allylic oxidation sites excluding steroid dienone is 1. The molecule has 1 saturated heterocycles. The lowest BCUT2D eigenvalue weighted by Gasteiger charge is -2.25. The lowest BCUT2D eigenvalue weighted by molar-refractivity contribution is -0.107. The molecule has 0 N–H and O–H groups in total. The fourth-order valence-corrected chi connectivity index (χ4v) is 3.00. The van der Waals surface area contributed by atoms with Crippen LogP contribution in [0.15, 0.2) is 48.2 Å². The van der Waals surface area contributed by atoms with Gasteiger partial charge in [0.1, 0.15) is 0 Å². The molecular formula is C15H15NO2S. The molecule has 2 aliphatic heterocycles. The fraction of sp³-hybridized carbons (Fsp3) is 0.267. The summed E-state index contributed by atoms with van der Waals surface area (Å²) in [5, 5.41) is 0.130. The third-order valence-electron chi connectivity index (χ3n) is 3.15. The number of ether oxygens (including phenoxy) is 1. The maximum absolute atomic E-state index is 12.0. The minimum atomic E-state index is 0.130. The van der Waals surface area contributed by atoms with Gasteiger partial charge in [0.05, 0.1) is 13.2 Å². The number of morpholine rings is 1. The summed E-state index contributed by atoms with van der Waals surface area (Å²) in [7, 11) is 0. The molecule has 0 spiro atoms. The Morgan fingerprint density at radius 1 is 1.16 bits per heavy atom. The molecular weight excluding hydrogens is 258 g/mol. The maximum Gasteiger partial charge on any atom is 0.225 e. The Balaban J connectivity index is 1.81. The lowest BCUT2D eigenvalue weighted by Crippen LogP contribution is -2.32. The van der Waals surface area contributed by atoms with Crippen LogP contribution in [0.4, 0.5) is 0 Å². The molecule has 0 bridgehead atoms. The molecule has 0 aliphatic carbocycles. The molecule has 19 heavy (non-hydrogen) atoms. The summed E-state index contributed by atoms with van der Waals surface area (Å²) in [6.45, 7) is 3.19. The molecule has 0 saturated carbocycles. The van der Waals surface area contributed by atoms with E-state index in [1.807, 2.05) is 42.6 Å². The van der Waals surface area contributed by atoms with Crippen LogP contribution in [0.1, 0.15) is 5.56 Å². The summed E-state index contributed by atoms with van der Waals surface area (Å²) in [5.74, 6) is 0. The second-order valence-corrected chi connectivity index (χ2v) is 5.51. The van der Waals surface area contributed by atoms with Crippen molar-refractivity contribution in [1.29, 1.82) is 0 Å². The van der Waals surface area contributed by atoms with Crippen LogP contribution < -0.4 is 0 Å². The summed E-state index contributed by atoms with van der Waals surface area (Å²) in [5.41, 5.74) is 1.89. The first-order valence-corrected chi connectivity index (χ1v) is 7.17. The van der Waals surface area contributed by atoms with Crippen LogP contribution in [-0.2, 0) is 9.53 Å². The molecule has 1 aromatic rings. The molecule has 0 atom stereocenters. The molecule has 2 aliphatic rings. The van der Waals surface area contributed by atoms with Crippen molar-refractivity contribution in [2.24, 2.45) is 0 Å². The van der Waals surface area contributed by atoms with Crippen LogP contribution in [0.25, 0.3) is 4.91 Å². The second-order valence-electron chi connectivity index (χ2n) is 4.50. The largest absolute Gasteiger partial charge is 0.378 e. The molecule has 0 unspecified atom stereocenters. The fourth-order valence-electron chi connectivity index (χ4n) is 2.13. The van der Waals surface area contributed by atoms with E-state index in [-0.39, 0.29) is 5.12 Å². The predicted octanol–water partition coefficient (Wildman–Crippen LogP) is 2.52. The van der Waals surface area contributed by atoms with Gasteiger partial charge in [-0.05, 0) is 23.4 Å². The van der Waals surface area contributed by atoms with Gasteiger partial charge in [0.2, 0.25) is 5.12 Å². The van der Waals surface area contributed by atoms with Crippen molar-refractivity contribution < 1.29 is 9.53 Å². The molecule has 0 aromatic heterocycles. The van der Waals surface area contributed by atoms with Crippen LogP contribution in [0, 0.1) is 0 Å². The predicted molar refractivity (Wildman–Crippen MR) is 77.5 cm³/mol. The number of carbonyl (C=O) groups excluding carboxylic acids is 1. The molecule has 1 aromatic carbocycles. The Bertz CT molecular complexity index is 530. The van der Waals surface area contributed by atoms with Gasteiger partial charge in [0, 0.05) is 29.8 Å². The number of hydrogen-bond donors (Lipinski definition) is 0. The van der Waals surface area contributed by atoms with Crippen molar-refractivity contribution in [3.63, 3.8) is 0 Å². The average Bonchev–Trinajstić information content (AvgIpc) is 2.82. The van der Waals surface area contributed by atoms with Crippen LogP contribution in [0.2, 0.25) is 0 Å². The minimum absolute atomic E-state index is 0.130. The van der Waals surface area contributed by atoms with Crippen molar-refractivity contribution in [3.8, 4) is 0 Å². The SMILES string of the molecule is O=C1SC(c2ccccc2)=CC1=CN1CCOCC1. The first-order valence-electron chi connectivity index (χ1n) is 6.36. The Hall–Kier alpha value is -1.52. The molecule has 1 fully saturated rings. The second kappa shape index (κ2) is 5.63. The van der Waals surface area contributed by atoms with Crippen LogP contribution in [-0.4, -0.2) is 36.3 Å². The van der Waals surface area contributed by atoms with Gasteiger partial charge in [0.25, 0.3) is 0 Å². The van der Waals surface area contributed by atoms with Crippen LogP contribution in [0.3, 0.4) is 0 Å². The van der Waals surface area contributed by atoms with Gasteiger partial charge >= 0.3 is 0 Å². The zero-order valence-electron chi connectivity index (χ0n) is 10.5. The highest BCUT2D eigenvalue weighted by molar-refractivity contribution is 8.22. The van der Waals surface area contributed by atoms with Gasteiger partial charge in [-0.25, -0.2) is 0 Å². The molecule has 3 rings (SSSR count). The molecule has 3 nitrogen and oxygen atoms in total. The topological polar surface area (TPSA) is 29.5 Å². The number of carbonyl (C=O) groups is 1. The Kier molecular flexibility index (Phi) is 3.71. The van der Waals surface area contributed by atoms with Gasteiger partial charge < -0.3 is 9.64 Å². The monoisotopic (exact) mass is 273 g/mol. The van der Waals surface area contributed by atoms with Crippen molar-refractivity contribution in [1.82, 2.24) is 4.90 Å². The summed E-state index contributed by atoms with van der Waals surface area (Å²) in [4.78, 5) is 15.2. The van der Waals surface area contributed by atoms with E-state index in [0.717, 1.165) is 42.3 Å². The van der Waals surface area contributed by atoms with E-state index in [2.05, 4.69) is 4.90 Å². The van der Waals surface area contributed by atoms with E-state index in [1.165, 1.54) is 11.8 Å².